The van der Waals surface area contributed by atoms with E-state index in [-0.39, 0.29) is 10.6 Å². The van der Waals surface area contributed by atoms with Gasteiger partial charge in [0.05, 0.1) is 0 Å². The predicted octanol–water partition coefficient (Wildman–Crippen LogP) is 3.06. The summed E-state index contributed by atoms with van der Waals surface area (Å²) in [4.78, 5) is 10.7. The Morgan fingerprint density at radius 3 is 2.26 bits per heavy atom. The van der Waals surface area contributed by atoms with Crippen molar-refractivity contribution in [2.75, 3.05) is 5.33 Å². The number of hydrogen-bond acceptors (Lipinski definition) is 2. The molecule has 0 amide bonds. The molecule has 0 spiro atoms. The molecule has 0 aliphatic rings. The third-order valence-electron chi connectivity index (χ3n) is 2.64. The number of non-ortho nitro benzene ring substituents is 1. The van der Waals surface area contributed by atoms with E-state index in [1.165, 1.54) is 4.46 Å². The summed E-state index contributed by atoms with van der Waals surface area (Å²) in [7, 11) is 0. The van der Waals surface area contributed by atoms with Gasteiger partial charge < -0.3 is 0 Å². The van der Waals surface area contributed by atoms with E-state index in [2.05, 4.69) is 28.1 Å². The average molecular weight is 385 g/mol. The van der Waals surface area contributed by atoms with Crippen LogP contribution in [0.25, 0.3) is 0 Å². The molecule has 0 bridgehead atoms. The molecule has 2 rings (SSSR count). The van der Waals surface area contributed by atoms with Crippen LogP contribution in [0.2, 0.25) is 0 Å². The van der Waals surface area contributed by atoms with Crippen molar-refractivity contribution in [3.8, 4) is 0 Å². The van der Waals surface area contributed by atoms with Crippen LogP contribution in [-0.2, 0) is 0 Å². The molecule has 2 aromatic carbocycles. The molecule has 0 radical (unpaired) electrons. The van der Waals surface area contributed by atoms with Crippen molar-refractivity contribution in [2.24, 2.45) is 0 Å². The summed E-state index contributed by atoms with van der Waals surface area (Å²) in [5, 5.41) is 11.5. The molecule has 0 aromatic heterocycles. The third kappa shape index (κ3) is 3.90. The van der Waals surface area contributed by atoms with Crippen LogP contribution in [0.5, 0.6) is 0 Å². The Labute approximate surface area is 126 Å². The number of nitro benzene ring substituents is 1. The molecular formula is C14H12BrNO2Se. The Balaban J connectivity index is 2.15. The predicted molar refractivity (Wildman–Crippen MR) is 81.5 cm³/mol. The molecule has 3 nitrogen and oxygen atoms in total. The molecule has 98 valence electrons. The number of hydrogen-bond donors (Lipinski definition) is 0. The first-order chi connectivity index (χ1) is 9.20. The van der Waals surface area contributed by atoms with E-state index >= 15 is 0 Å². The molecular weight excluding hydrogens is 373 g/mol. The van der Waals surface area contributed by atoms with Crippen molar-refractivity contribution in [1.82, 2.24) is 0 Å². The van der Waals surface area contributed by atoms with Crippen LogP contribution in [-0.4, -0.2) is 25.2 Å². The van der Waals surface area contributed by atoms with Gasteiger partial charge in [0, 0.05) is 0 Å². The summed E-state index contributed by atoms with van der Waals surface area (Å²) < 4.78 is 1.33. The van der Waals surface area contributed by atoms with E-state index in [0.717, 1.165) is 10.9 Å². The summed E-state index contributed by atoms with van der Waals surface area (Å²) in [6, 6.07) is 17.2. The molecule has 5 heteroatoms. The van der Waals surface area contributed by atoms with Crippen LogP contribution in [0.3, 0.4) is 0 Å². The Hall–Kier alpha value is -1.16. The van der Waals surface area contributed by atoms with Crippen molar-refractivity contribution in [1.29, 1.82) is 0 Å². The van der Waals surface area contributed by atoms with Gasteiger partial charge in [-0.15, -0.1) is 0 Å². The third-order valence-corrected chi connectivity index (χ3v) is 6.91. The van der Waals surface area contributed by atoms with Gasteiger partial charge >= 0.3 is 126 Å². The van der Waals surface area contributed by atoms with E-state index in [4.69, 9.17) is 0 Å². The topological polar surface area (TPSA) is 43.1 Å². The van der Waals surface area contributed by atoms with Crippen LogP contribution in [0.1, 0.15) is 10.4 Å². The zero-order chi connectivity index (χ0) is 13.7. The molecule has 0 saturated carbocycles. The minimum absolute atomic E-state index is 0.143. The van der Waals surface area contributed by atoms with Crippen LogP contribution in [0, 0.1) is 10.1 Å². The van der Waals surface area contributed by atoms with Gasteiger partial charge in [0.2, 0.25) is 0 Å². The van der Waals surface area contributed by atoms with Crippen molar-refractivity contribution in [2.45, 2.75) is 4.82 Å². The zero-order valence-electron chi connectivity index (χ0n) is 10.0. The van der Waals surface area contributed by atoms with E-state index in [0.29, 0.717) is 19.8 Å². The van der Waals surface area contributed by atoms with E-state index < -0.39 is 0 Å². The van der Waals surface area contributed by atoms with Crippen molar-refractivity contribution < 1.29 is 4.92 Å². The molecule has 0 fully saturated rings. The van der Waals surface area contributed by atoms with Crippen molar-refractivity contribution >= 4 is 41.0 Å². The van der Waals surface area contributed by atoms with Crippen LogP contribution < -0.4 is 4.46 Å². The Morgan fingerprint density at radius 1 is 1.11 bits per heavy atom. The molecule has 0 saturated heterocycles. The second kappa shape index (κ2) is 6.85. The van der Waals surface area contributed by atoms with Crippen LogP contribution in [0.4, 0.5) is 5.69 Å². The summed E-state index contributed by atoms with van der Waals surface area (Å²) in [5.41, 5.74) is 1.29. The Bertz CT molecular complexity index is 545. The molecule has 19 heavy (non-hydrogen) atoms. The van der Waals surface area contributed by atoms with Gasteiger partial charge in [-0.3, -0.25) is 0 Å². The maximum atomic E-state index is 10.6. The number of nitro groups is 1. The summed E-state index contributed by atoms with van der Waals surface area (Å²) in [6.07, 6.45) is 0. The van der Waals surface area contributed by atoms with Gasteiger partial charge in [-0.25, -0.2) is 0 Å². The molecule has 1 unspecified atom stereocenters. The van der Waals surface area contributed by atoms with Crippen LogP contribution >= 0.6 is 15.9 Å². The van der Waals surface area contributed by atoms with Crippen LogP contribution in [0.15, 0.2) is 54.6 Å². The first-order valence-corrected chi connectivity index (χ1v) is 8.69. The second-order valence-electron chi connectivity index (χ2n) is 3.92. The van der Waals surface area contributed by atoms with Crippen molar-refractivity contribution in [3.05, 3.63) is 70.3 Å². The first-order valence-electron chi connectivity index (χ1n) is 5.72. The molecule has 2 aromatic rings. The zero-order valence-corrected chi connectivity index (χ0v) is 13.3. The van der Waals surface area contributed by atoms with Gasteiger partial charge in [-0.05, 0) is 0 Å². The number of rotatable bonds is 5. The summed E-state index contributed by atoms with van der Waals surface area (Å²) in [5.74, 6) is 0. The number of alkyl halides is 1. The fourth-order valence-corrected chi connectivity index (χ4v) is 4.82. The van der Waals surface area contributed by atoms with Crippen molar-refractivity contribution in [3.63, 3.8) is 0 Å². The van der Waals surface area contributed by atoms with E-state index in [9.17, 15) is 10.1 Å². The maximum absolute atomic E-state index is 10.6. The summed E-state index contributed by atoms with van der Waals surface area (Å²) >= 11 is 3.85. The fourth-order valence-electron chi connectivity index (χ4n) is 1.66. The van der Waals surface area contributed by atoms with E-state index in [1.54, 1.807) is 12.1 Å². The number of halogens is 1. The normalized spacial score (nSPS) is 12.1. The summed E-state index contributed by atoms with van der Waals surface area (Å²) in [6.45, 7) is 0. The standard InChI is InChI=1S/C14H12BrNO2Se/c15-10-14(19-13-4-2-1-3-5-13)11-6-8-12(9-7-11)16(17)18/h1-9,14H,10H2. The first kappa shape index (κ1) is 14.3. The molecule has 0 aliphatic carbocycles. The Morgan fingerprint density at radius 2 is 1.74 bits per heavy atom. The molecule has 0 heterocycles. The monoisotopic (exact) mass is 385 g/mol. The second-order valence-corrected chi connectivity index (χ2v) is 7.25. The average Bonchev–Trinajstić information content (AvgIpc) is 2.46. The van der Waals surface area contributed by atoms with Gasteiger partial charge in [0.15, 0.2) is 0 Å². The van der Waals surface area contributed by atoms with E-state index in [1.807, 2.05) is 30.3 Å². The molecule has 0 aliphatic heterocycles. The minimum atomic E-state index is -0.366. The quantitative estimate of drug-likeness (QED) is 0.344. The molecule has 1 atom stereocenters. The Kier molecular flexibility index (Phi) is 5.14. The van der Waals surface area contributed by atoms with Gasteiger partial charge in [0.25, 0.3) is 0 Å². The number of nitrogens with zero attached hydrogens (tertiary/aromatic N) is 1. The van der Waals surface area contributed by atoms with Gasteiger partial charge in [-0.2, -0.15) is 0 Å². The molecule has 0 N–H and O–H groups in total. The van der Waals surface area contributed by atoms with Gasteiger partial charge in [0.1, 0.15) is 0 Å². The number of benzene rings is 2. The fraction of sp³-hybridized carbons (Fsp3) is 0.143. The van der Waals surface area contributed by atoms with Gasteiger partial charge in [-0.1, -0.05) is 0 Å². The SMILES string of the molecule is O=[N+]([O-])c1ccc(C(CBr)[Se]c2ccccc2)cc1.